The molecule has 4 rings (SSSR count). The average molecular weight is 443 g/mol. The Bertz CT molecular complexity index is 982. The number of hydrogen-bond acceptors (Lipinski definition) is 5. The number of ether oxygens (including phenoxy) is 1. The van der Waals surface area contributed by atoms with Gasteiger partial charge in [-0.1, -0.05) is 18.2 Å². The van der Waals surface area contributed by atoms with E-state index in [0.717, 1.165) is 25.9 Å². The van der Waals surface area contributed by atoms with Crippen LogP contribution < -0.4 is 20.4 Å². The lowest BCUT2D eigenvalue weighted by Crippen LogP contribution is -2.43. The molecule has 9 heteroatoms. The molecule has 2 heterocycles. The van der Waals surface area contributed by atoms with Crippen LogP contribution in [0.5, 0.6) is 0 Å². The van der Waals surface area contributed by atoms with Gasteiger partial charge < -0.3 is 15.0 Å². The summed E-state index contributed by atoms with van der Waals surface area (Å²) in [5.41, 5.74) is 1.50. The molecular weight excluding hydrogens is 419 g/mol. The molecule has 2 amide bonds. The van der Waals surface area contributed by atoms with Crippen molar-refractivity contribution in [1.29, 1.82) is 0 Å². The standard InChI is InChI=1S/C22H23FN4O3S/c23-18-12-16(8-9-19(18)26-10-4-5-11-26)27-14-17(30-22(27)29)13-24-21(31)25-20(28)15-6-2-1-3-7-15/h1-3,6-9,12,17H,4-5,10-11,13-14H2,(H2,24,25,28,31)/t17-/m0/s1. The summed E-state index contributed by atoms with van der Waals surface area (Å²) in [5.74, 6) is -0.671. The van der Waals surface area contributed by atoms with E-state index >= 15 is 0 Å². The predicted molar refractivity (Wildman–Crippen MR) is 120 cm³/mol. The van der Waals surface area contributed by atoms with Crippen molar-refractivity contribution in [1.82, 2.24) is 10.6 Å². The molecule has 1 atom stereocenters. The third kappa shape index (κ3) is 4.93. The van der Waals surface area contributed by atoms with Gasteiger partial charge in [0.05, 0.1) is 24.5 Å². The van der Waals surface area contributed by atoms with Crippen LogP contribution >= 0.6 is 12.2 Å². The van der Waals surface area contributed by atoms with Crippen LogP contribution in [0.15, 0.2) is 48.5 Å². The molecule has 0 aliphatic carbocycles. The summed E-state index contributed by atoms with van der Waals surface area (Å²) in [6.45, 7) is 2.17. The molecule has 2 aromatic rings. The van der Waals surface area contributed by atoms with E-state index in [-0.39, 0.29) is 29.9 Å². The number of benzene rings is 2. The Labute approximate surface area is 185 Å². The Kier molecular flexibility index (Phi) is 6.31. The van der Waals surface area contributed by atoms with Crippen LogP contribution in [-0.4, -0.2) is 49.4 Å². The number of cyclic esters (lactones) is 1. The van der Waals surface area contributed by atoms with E-state index in [4.69, 9.17) is 17.0 Å². The molecule has 2 fully saturated rings. The third-order valence-electron chi connectivity index (χ3n) is 5.32. The van der Waals surface area contributed by atoms with Gasteiger partial charge in [-0.3, -0.25) is 15.0 Å². The summed E-state index contributed by atoms with van der Waals surface area (Å²) >= 11 is 5.15. The lowest BCUT2D eigenvalue weighted by Gasteiger charge is -2.20. The first-order valence-corrected chi connectivity index (χ1v) is 10.6. The number of carbonyl (C=O) groups excluding carboxylic acids is 2. The number of thiocarbonyl (C=S) groups is 1. The fourth-order valence-electron chi connectivity index (χ4n) is 3.73. The first-order valence-electron chi connectivity index (χ1n) is 10.2. The second kappa shape index (κ2) is 9.30. The maximum Gasteiger partial charge on any atom is 0.414 e. The number of nitrogens with zero attached hydrogens (tertiary/aromatic N) is 2. The number of rotatable bonds is 5. The molecule has 7 nitrogen and oxygen atoms in total. The SMILES string of the molecule is O=C(NC(=S)NC[C@H]1CN(c2ccc(N3CCCC3)c(F)c2)C(=O)O1)c1ccccc1. The predicted octanol–water partition coefficient (Wildman–Crippen LogP) is 3.06. The lowest BCUT2D eigenvalue weighted by molar-refractivity contribution is 0.0975. The van der Waals surface area contributed by atoms with Gasteiger partial charge in [0, 0.05) is 18.7 Å². The maximum atomic E-state index is 14.6. The van der Waals surface area contributed by atoms with Crippen LogP contribution in [0.2, 0.25) is 0 Å². The summed E-state index contributed by atoms with van der Waals surface area (Å²) in [5, 5.41) is 5.62. The Morgan fingerprint density at radius 1 is 1.16 bits per heavy atom. The first-order chi connectivity index (χ1) is 15.0. The highest BCUT2D eigenvalue weighted by atomic mass is 32.1. The molecule has 2 aromatic carbocycles. The van der Waals surface area contributed by atoms with Crippen molar-refractivity contribution < 1.29 is 18.7 Å². The van der Waals surface area contributed by atoms with Crippen molar-refractivity contribution in [3.05, 3.63) is 59.9 Å². The van der Waals surface area contributed by atoms with Gasteiger partial charge in [0.15, 0.2) is 5.11 Å². The summed E-state index contributed by atoms with van der Waals surface area (Å²) < 4.78 is 20.0. The van der Waals surface area contributed by atoms with Crippen molar-refractivity contribution in [2.75, 3.05) is 36.0 Å². The van der Waals surface area contributed by atoms with Gasteiger partial charge in [0.1, 0.15) is 11.9 Å². The second-order valence-corrected chi connectivity index (χ2v) is 7.88. The largest absolute Gasteiger partial charge is 0.442 e. The van der Waals surface area contributed by atoms with E-state index < -0.39 is 12.2 Å². The van der Waals surface area contributed by atoms with Crippen LogP contribution in [0.4, 0.5) is 20.6 Å². The highest BCUT2D eigenvalue weighted by Crippen LogP contribution is 2.29. The molecule has 2 aliphatic heterocycles. The van der Waals surface area contributed by atoms with Crippen molar-refractivity contribution in [2.45, 2.75) is 18.9 Å². The smallest absolute Gasteiger partial charge is 0.414 e. The average Bonchev–Trinajstić information content (AvgIpc) is 3.42. The van der Waals surface area contributed by atoms with Gasteiger partial charge in [-0.25, -0.2) is 9.18 Å². The molecule has 162 valence electrons. The summed E-state index contributed by atoms with van der Waals surface area (Å²) in [6.07, 6.45) is 1.09. The van der Waals surface area contributed by atoms with Crippen LogP contribution in [-0.2, 0) is 4.74 Å². The summed E-state index contributed by atoms with van der Waals surface area (Å²) in [7, 11) is 0. The zero-order chi connectivity index (χ0) is 21.8. The molecule has 0 spiro atoms. The van der Waals surface area contributed by atoms with Gasteiger partial charge in [0.2, 0.25) is 0 Å². The second-order valence-electron chi connectivity index (χ2n) is 7.48. The Hall–Kier alpha value is -3.20. The Morgan fingerprint density at radius 3 is 2.61 bits per heavy atom. The Balaban J connectivity index is 1.30. The number of hydrogen-bond donors (Lipinski definition) is 2. The topological polar surface area (TPSA) is 73.9 Å². The molecule has 0 radical (unpaired) electrons. The zero-order valence-electron chi connectivity index (χ0n) is 16.8. The van der Waals surface area contributed by atoms with Crippen molar-refractivity contribution in [3.8, 4) is 0 Å². The van der Waals surface area contributed by atoms with Crippen molar-refractivity contribution in [3.63, 3.8) is 0 Å². The monoisotopic (exact) mass is 442 g/mol. The van der Waals surface area contributed by atoms with Crippen LogP contribution in [0.1, 0.15) is 23.2 Å². The maximum absolute atomic E-state index is 14.6. The van der Waals surface area contributed by atoms with Crippen LogP contribution in [0, 0.1) is 5.82 Å². The number of carbonyl (C=O) groups is 2. The molecule has 2 aliphatic rings. The third-order valence-corrected chi connectivity index (χ3v) is 5.56. The molecule has 2 saturated heterocycles. The van der Waals surface area contributed by atoms with Crippen molar-refractivity contribution in [2.24, 2.45) is 0 Å². The molecule has 0 unspecified atom stereocenters. The highest BCUT2D eigenvalue weighted by molar-refractivity contribution is 7.80. The van der Waals surface area contributed by atoms with Gasteiger partial charge in [-0.05, 0) is 55.4 Å². The number of nitrogens with one attached hydrogen (secondary N) is 2. The molecule has 31 heavy (non-hydrogen) atoms. The minimum absolute atomic E-state index is 0.143. The quantitative estimate of drug-likeness (QED) is 0.694. The van der Waals surface area contributed by atoms with Crippen LogP contribution in [0.25, 0.3) is 0 Å². The van der Waals surface area contributed by atoms with Gasteiger partial charge in [-0.2, -0.15) is 0 Å². The summed E-state index contributed by atoms with van der Waals surface area (Å²) in [4.78, 5) is 27.8. The van der Waals surface area contributed by atoms with Gasteiger partial charge in [-0.15, -0.1) is 0 Å². The fraction of sp³-hybridized carbons (Fsp3) is 0.318. The molecular formula is C22H23FN4O3S. The molecule has 0 aromatic heterocycles. The number of halogens is 1. The minimum Gasteiger partial charge on any atom is -0.442 e. The van der Waals surface area contributed by atoms with E-state index in [1.165, 1.54) is 11.0 Å². The molecule has 2 N–H and O–H groups in total. The summed E-state index contributed by atoms with van der Waals surface area (Å²) in [6, 6.07) is 13.5. The van der Waals surface area contributed by atoms with E-state index in [2.05, 4.69) is 10.6 Å². The number of amides is 2. The van der Waals surface area contributed by atoms with E-state index in [9.17, 15) is 14.0 Å². The van der Waals surface area contributed by atoms with Gasteiger partial charge in [0.25, 0.3) is 5.91 Å². The zero-order valence-corrected chi connectivity index (χ0v) is 17.7. The lowest BCUT2D eigenvalue weighted by atomic mass is 10.2. The first kappa shape index (κ1) is 21.0. The highest BCUT2D eigenvalue weighted by Gasteiger charge is 2.33. The van der Waals surface area contributed by atoms with E-state index in [1.54, 1.807) is 36.4 Å². The normalized spacial score (nSPS) is 18.1. The Morgan fingerprint density at radius 2 is 1.90 bits per heavy atom. The fourth-order valence-corrected chi connectivity index (χ4v) is 3.91. The minimum atomic E-state index is -0.542. The van der Waals surface area contributed by atoms with Gasteiger partial charge >= 0.3 is 6.09 Å². The number of anilines is 2. The van der Waals surface area contributed by atoms with Crippen molar-refractivity contribution >= 4 is 40.7 Å². The van der Waals surface area contributed by atoms with E-state index in [1.807, 2.05) is 11.0 Å². The van der Waals surface area contributed by atoms with Crippen LogP contribution in [0.3, 0.4) is 0 Å². The molecule has 0 bridgehead atoms. The van der Waals surface area contributed by atoms with E-state index in [0.29, 0.717) is 16.9 Å². The molecule has 0 saturated carbocycles.